The molecule has 0 fully saturated rings. The van der Waals surface area contributed by atoms with E-state index in [9.17, 15) is 0 Å². The Balaban J connectivity index is 2.21. The highest BCUT2D eigenvalue weighted by Gasteiger charge is 1.98. The Morgan fingerprint density at radius 3 is 2.62 bits per heavy atom. The Bertz CT molecular complexity index is 310. The Kier molecular flexibility index (Phi) is 5.94. The average molecular weight is 221 g/mol. The van der Waals surface area contributed by atoms with E-state index in [0.29, 0.717) is 0 Å². The maximum Gasteiger partial charge on any atom is 0.122 e. The van der Waals surface area contributed by atoms with Crippen LogP contribution >= 0.6 is 0 Å². The second-order valence-electron chi connectivity index (χ2n) is 4.28. The predicted octanol–water partition coefficient (Wildman–Crippen LogP) is 3.07. The van der Waals surface area contributed by atoms with Crippen molar-refractivity contribution in [3.8, 4) is 5.75 Å². The zero-order chi connectivity index (χ0) is 11.8. The molecule has 2 nitrogen and oxygen atoms in total. The molecular formula is C14H23NO. The summed E-state index contributed by atoms with van der Waals surface area (Å²) in [5.41, 5.74) is 2.52. The van der Waals surface area contributed by atoms with Gasteiger partial charge in [-0.2, -0.15) is 0 Å². The highest BCUT2D eigenvalue weighted by molar-refractivity contribution is 5.35. The van der Waals surface area contributed by atoms with Crippen LogP contribution in [0.1, 0.15) is 30.4 Å². The Morgan fingerprint density at radius 2 is 1.94 bits per heavy atom. The molecule has 0 aliphatic carbocycles. The molecule has 16 heavy (non-hydrogen) atoms. The highest BCUT2D eigenvalue weighted by atomic mass is 16.5. The largest absolute Gasteiger partial charge is 0.493 e. The van der Waals surface area contributed by atoms with Gasteiger partial charge in [0.1, 0.15) is 5.75 Å². The third-order valence-electron chi connectivity index (χ3n) is 2.66. The minimum absolute atomic E-state index is 0.827. The highest BCUT2D eigenvalue weighted by Crippen LogP contribution is 2.18. The van der Waals surface area contributed by atoms with E-state index in [-0.39, 0.29) is 0 Å². The number of aryl methyl sites for hydroxylation is 2. The van der Waals surface area contributed by atoms with Gasteiger partial charge in [0.05, 0.1) is 6.61 Å². The lowest BCUT2D eigenvalue weighted by Gasteiger charge is -2.09. The molecule has 1 N–H and O–H groups in total. The number of nitrogens with one attached hydrogen (secondary N) is 1. The molecule has 0 radical (unpaired) electrons. The van der Waals surface area contributed by atoms with Gasteiger partial charge in [0.15, 0.2) is 0 Å². The van der Waals surface area contributed by atoms with E-state index in [4.69, 9.17) is 4.74 Å². The summed E-state index contributed by atoms with van der Waals surface area (Å²) in [5, 5.41) is 3.15. The van der Waals surface area contributed by atoms with Crippen molar-refractivity contribution in [1.82, 2.24) is 5.32 Å². The molecule has 2 heteroatoms. The summed E-state index contributed by atoms with van der Waals surface area (Å²) >= 11 is 0. The summed E-state index contributed by atoms with van der Waals surface area (Å²) in [6.45, 7) is 6.13. The van der Waals surface area contributed by atoms with E-state index in [2.05, 4.69) is 37.4 Å². The summed E-state index contributed by atoms with van der Waals surface area (Å²) in [5.74, 6) is 1.03. The topological polar surface area (TPSA) is 21.3 Å². The number of unbranched alkanes of at least 4 members (excludes halogenated alkanes) is 2. The van der Waals surface area contributed by atoms with Crippen molar-refractivity contribution in [2.75, 3.05) is 20.2 Å². The Morgan fingerprint density at radius 1 is 1.12 bits per heavy atom. The van der Waals surface area contributed by atoms with E-state index in [0.717, 1.165) is 25.3 Å². The molecule has 0 atom stereocenters. The van der Waals surface area contributed by atoms with Gasteiger partial charge in [-0.3, -0.25) is 0 Å². The van der Waals surface area contributed by atoms with Gasteiger partial charge in [0.25, 0.3) is 0 Å². The zero-order valence-electron chi connectivity index (χ0n) is 10.7. The van der Waals surface area contributed by atoms with Gasteiger partial charge >= 0.3 is 0 Å². The van der Waals surface area contributed by atoms with Crippen LogP contribution < -0.4 is 10.1 Å². The molecule has 0 aliphatic rings. The normalized spacial score (nSPS) is 10.4. The number of ether oxygens (including phenoxy) is 1. The van der Waals surface area contributed by atoms with Crippen LogP contribution in [0, 0.1) is 13.8 Å². The third-order valence-corrected chi connectivity index (χ3v) is 2.66. The van der Waals surface area contributed by atoms with Crippen LogP contribution in [0.5, 0.6) is 5.75 Å². The van der Waals surface area contributed by atoms with E-state index < -0.39 is 0 Å². The van der Waals surface area contributed by atoms with E-state index in [1.807, 2.05) is 7.05 Å². The second kappa shape index (κ2) is 7.29. The minimum atomic E-state index is 0.827. The first-order valence-electron chi connectivity index (χ1n) is 6.08. The molecular weight excluding hydrogens is 198 g/mol. The molecule has 90 valence electrons. The van der Waals surface area contributed by atoms with Crippen LogP contribution in [0.3, 0.4) is 0 Å². The van der Waals surface area contributed by atoms with Crippen molar-refractivity contribution in [3.63, 3.8) is 0 Å². The molecule has 1 aromatic rings. The van der Waals surface area contributed by atoms with Gasteiger partial charge in [0, 0.05) is 0 Å². The summed E-state index contributed by atoms with van der Waals surface area (Å²) in [4.78, 5) is 0. The molecule has 0 bridgehead atoms. The maximum atomic E-state index is 5.75. The molecule has 0 aliphatic heterocycles. The van der Waals surface area contributed by atoms with Gasteiger partial charge < -0.3 is 10.1 Å². The first-order valence-corrected chi connectivity index (χ1v) is 6.08. The number of hydrogen-bond donors (Lipinski definition) is 1. The lowest BCUT2D eigenvalue weighted by Crippen LogP contribution is -2.08. The van der Waals surface area contributed by atoms with Crippen LogP contribution in [0.15, 0.2) is 18.2 Å². The van der Waals surface area contributed by atoms with Crippen molar-refractivity contribution >= 4 is 0 Å². The number of benzene rings is 1. The van der Waals surface area contributed by atoms with Gasteiger partial charge in [-0.15, -0.1) is 0 Å². The lowest BCUT2D eigenvalue weighted by atomic mass is 10.1. The fourth-order valence-corrected chi connectivity index (χ4v) is 1.72. The number of hydrogen-bond acceptors (Lipinski definition) is 2. The predicted molar refractivity (Wildman–Crippen MR) is 69.2 cm³/mol. The standard InChI is InChI=1S/C14H23NO/c1-12-7-8-14(13(2)11-12)16-10-6-4-5-9-15-3/h7-8,11,15H,4-6,9-10H2,1-3H3. The maximum absolute atomic E-state index is 5.75. The van der Waals surface area contributed by atoms with Crippen LogP contribution in [0.4, 0.5) is 0 Å². The second-order valence-corrected chi connectivity index (χ2v) is 4.28. The lowest BCUT2D eigenvalue weighted by molar-refractivity contribution is 0.303. The minimum Gasteiger partial charge on any atom is -0.493 e. The van der Waals surface area contributed by atoms with Crippen molar-refractivity contribution in [1.29, 1.82) is 0 Å². The molecule has 0 saturated carbocycles. The smallest absolute Gasteiger partial charge is 0.122 e. The quantitative estimate of drug-likeness (QED) is 0.714. The van der Waals surface area contributed by atoms with Crippen molar-refractivity contribution in [3.05, 3.63) is 29.3 Å². The van der Waals surface area contributed by atoms with E-state index >= 15 is 0 Å². The van der Waals surface area contributed by atoms with Crippen molar-refractivity contribution < 1.29 is 4.74 Å². The summed E-state index contributed by atoms with van der Waals surface area (Å²) in [7, 11) is 1.99. The van der Waals surface area contributed by atoms with E-state index in [1.165, 1.54) is 24.0 Å². The van der Waals surface area contributed by atoms with E-state index in [1.54, 1.807) is 0 Å². The molecule has 0 amide bonds. The monoisotopic (exact) mass is 221 g/mol. The molecule has 1 rings (SSSR count). The molecule has 0 saturated heterocycles. The molecule has 1 aromatic carbocycles. The third kappa shape index (κ3) is 4.67. The first-order chi connectivity index (χ1) is 7.74. The number of rotatable bonds is 7. The molecule has 0 spiro atoms. The average Bonchev–Trinajstić information content (AvgIpc) is 2.26. The summed E-state index contributed by atoms with van der Waals surface area (Å²) < 4.78 is 5.75. The first kappa shape index (κ1) is 13.0. The van der Waals surface area contributed by atoms with Gasteiger partial charge in [-0.05, 0) is 58.3 Å². The van der Waals surface area contributed by atoms with Gasteiger partial charge in [0.2, 0.25) is 0 Å². The summed E-state index contributed by atoms with van der Waals surface area (Å²) in [6, 6.07) is 6.33. The van der Waals surface area contributed by atoms with Crippen LogP contribution in [-0.4, -0.2) is 20.2 Å². The zero-order valence-corrected chi connectivity index (χ0v) is 10.7. The SMILES string of the molecule is CNCCCCCOc1ccc(C)cc1C. The Hall–Kier alpha value is -1.02. The van der Waals surface area contributed by atoms with Crippen LogP contribution in [-0.2, 0) is 0 Å². The molecule has 0 heterocycles. The molecule has 0 unspecified atom stereocenters. The van der Waals surface area contributed by atoms with Gasteiger partial charge in [-0.1, -0.05) is 17.7 Å². The van der Waals surface area contributed by atoms with Crippen molar-refractivity contribution in [2.24, 2.45) is 0 Å². The Labute approximate surface area is 99.0 Å². The fraction of sp³-hybridized carbons (Fsp3) is 0.571. The van der Waals surface area contributed by atoms with Crippen molar-refractivity contribution in [2.45, 2.75) is 33.1 Å². The van der Waals surface area contributed by atoms with Crippen LogP contribution in [0.2, 0.25) is 0 Å². The summed E-state index contributed by atoms with van der Waals surface area (Å²) in [6.07, 6.45) is 3.59. The fourth-order valence-electron chi connectivity index (χ4n) is 1.72. The van der Waals surface area contributed by atoms with Gasteiger partial charge in [-0.25, -0.2) is 0 Å². The molecule has 0 aromatic heterocycles. The van der Waals surface area contributed by atoms with Crippen LogP contribution in [0.25, 0.3) is 0 Å².